The van der Waals surface area contributed by atoms with Gasteiger partial charge in [-0.25, -0.2) is 9.97 Å². The molecule has 2 aromatic rings. The van der Waals surface area contributed by atoms with Crippen molar-refractivity contribution in [1.82, 2.24) is 14.9 Å². The first-order valence-electron chi connectivity index (χ1n) is 12.2. The fraction of sp³-hybridized carbons (Fsp3) is 0.423. The molecule has 2 unspecified atom stereocenters. The number of amides is 1. The summed E-state index contributed by atoms with van der Waals surface area (Å²) in [4.78, 5) is 31.2. The van der Waals surface area contributed by atoms with E-state index in [2.05, 4.69) is 20.9 Å². The van der Waals surface area contributed by atoms with Gasteiger partial charge in [0, 0.05) is 70.1 Å². The van der Waals surface area contributed by atoms with Gasteiger partial charge in [0.05, 0.1) is 16.8 Å². The van der Waals surface area contributed by atoms with Crippen LogP contribution < -0.4 is 14.7 Å². The van der Waals surface area contributed by atoms with Crippen LogP contribution in [0.5, 0.6) is 0 Å². The largest absolute Gasteiger partial charge is 0.367 e. The SMILES string of the molecule is CN(/C=C\C=N)c1ncccc1C(=O)N1CC2CCC(C1)N2c1nccc(C#N)c1N1CCCC1. The van der Waals surface area contributed by atoms with Crippen molar-refractivity contribution in [2.24, 2.45) is 0 Å². The number of hydrogen-bond donors (Lipinski definition) is 1. The molecule has 3 aliphatic rings. The summed E-state index contributed by atoms with van der Waals surface area (Å²) in [5.41, 5.74) is 2.19. The molecule has 180 valence electrons. The molecule has 0 spiro atoms. The first kappa shape index (κ1) is 22.8. The summed E-state index contributed by atoms with van der Waals surface area (Å²) in [7, 11) is 1.83. The Morgan fingerprint density at radius 3 is 2.60 bits per heavy atom. The first-order valence-corrected chi connectivity index (χ1v) is 12.2. The van der Waals surface area contributed by atoms with Gasteiger partial charge in [0.1, 0.15) is 11.9 Å². The van der Waals surface area contributed by atoms with Gasteiger partial charge in [-0.05, 0) is 50.0 Å². The van der Waals surface area contributed by atoms with Crippen molar-refractivity contribution in [1.29, 1.82) is 10.7 Å². The molecule has 2 aromatic heterocycles. The predicted octanol–water partition coefficient (Wildman–Crippen LogP) is 3.04. The highest BCUT2D eigenvalue weighted by molar-refractivity contribution is 5.99. The molecule has 5 rings (SSSR count). The van der Waals surface area contributed by atoms with E-state index in [1.54, 1.807) is 35.6 Å². The molecular formula is C26H30N8O. The number of rotatable bonds is 6. The van der Waals surface area contributed by atoms with E-state index < -0.39 is 0 Å². The molecule has 0 saturated carbocycles. The molecule has 2 atom stereocenters. The predicted molar refractivity (Wildman–Crippen MR) is 136 cm³/mol. The number of pyridine rings is 2. The van der Waals surface area contributed by atoms with Gasteiger partial charge in [-0.3, -0.25) is 4.79 Å². The topological polar surface area (TPSA) is 103 Å². The van der Waals surface area contributed by atoms with Crippen LogP contribution in [-0.2, 0) is 0 Å². The molecular weight excluding hydrogens is 440 g/mol. The van der Waals surface area contributed by atoms with E-state index in [9.17, 15) is 10.1 Å². The number of fused-ring (bicyclic) bond motifs is 2. The standard InChI is InChI=1S/C26H30N8O/c1-31(13-5-10-27)24-22(6-4-11-29-24)26(35)33-17-20-7-8-21(18-33)34(20)25-23(32-14-2-3-15-32)19(16-28)9-12-30-25/h4-6,9-13,20-21,27H,2-3,7-8,14-15,17-18H2,1H3/b13-5-,27-10?. The minimum absolute atomic E-state index is 0.0294. The van der Waals surface area contributed by atoms with Crippen molar-refractivity contribution in [2.45, 2.75) is 37.8 Å². The van der Waals surface area contributed by atoms with Crippen LogP contribution in [0.15, 0.2) is 42.9 Å². The highest BCUT2D eigenvalue weighted by atomic mass is 16.2. The molecule has 3 aliphatic heterocycles. The van der Waals surface area contributed by atoms with Gasteiger partial charge in [-0.2, -0.15) is 5.26 Å². The quantitative estimate of drug-likeness (QED) is 0.647. The number of hydrogen-bond acceptors (Lipinski definition) is 8. The van der Waals surface area contributed by atoms with Crippen LogP contribution in [0.3, 0.4) is 0 Å². The maximum atomic E-state index is 13.6. The lowest BCUT2D eigenvalue weighted by atomic mass is 10.1. The van der Waals surface area contributed by atoms with Crippen LogP contribution in [0.4, 0.5) is 17.3 Å². The van der Waals surface area contributed by atoms with E-state index in [1.807, 2.05) is 24.1 Å². The van der Waals surface area contributed by atoms with Crippen molar-refractivity contribution in [3.63, 3.8) is 0 Å². The third-order valence-electron chi connectivity index (χ3n) is 7.22. The number of carbonyl (C=O) groups is 1. The van der Waals surface area contributed by atoms with Gasteiger partial charge in [-0.1, -0.05) is 0 Å². The summed E-state index contributed by atoms with van der Waals surface area (Å²) in [6.07, 6.45) is 12.2. The lowest BCUT2D eigenvalue weighted by molar-refractivity contribution is 0.0718. The molecule has 9 heteroatoms. The zero-order valence-corrected chi connectivity index (χ0v) is 20.0. The van der Waals surface area contributed by atoms with Crippen LogP contribution in [-0.4, -0.2) is 72.3 Å². The summed E-state index contributed by atoms with van der Waals surface area (Å²) in [6, 6.07) is 8.12. The monoisotopic (exact) mass is 470 g/mol. The lowest BCUT2D eigenvalue weighted by Gasteiger charge is -2.43. The second-order valence-electron chi connectivity index (χ2n) is 9.33. The Labute approximate surface area is 205 Å². The number of nitrogens with zero attached hydrogens (tertiary/aromatic N) is 7. The maximum Gasteiger partial charge on any atom is 0.257 e. The van der Waals surface area contributed by atoms with Crippen LogP contribution in [0.1, 0.15) is 41.6 Å². The Bertz CT molecular complexity index is 1170. The lowest BCUT2D eigenvalue weighted by Crippen LogP contribution is -2.56. The van der Waals surface area contributed by atoms with Crippen LogP contribution in [0, 0.1) is 16.7 Å². The molecule has 35 heavy (non-hydrogen) atoms. The molecule has 3 saturated heterocycles. The molecule has 9 nitrogen and oxygen atoms in total. The van der Waals surface area contributed by atoms with Gasteiger partial charge in [-0.15, -0.1) is 0 Å². The number of carbonyl (C=O) groups excluding carboxylic acids is 1. The Hall–Kier alpha value is -3.93. The van der Waals surface area contributed by atoms with Crippen LogP contribution in [0.25, 0.3) is 0 Å². The highest BCUT2D eigenvalue weighted by Gasteiger charge is 2.44. The van der Waals surface area contributed by atoms with Crippen molar-refractivity contribution < 1.29 is 4.79 Å². The minimum atomic E-state index is -0.0294. The number of piperazine rings is 1. The Kier molecular flexibility index (Phi) is 6.36. The second-order valence-corrected chi connectivity index (χ2v) is 9.33. The van der Waals surface area contributed by atoms with E-state index in [0.29, 0.717) is 30.0 Å². The number of aromatic nitrogens is 2. The molecule has 0 aliphatic carbocycles. The van der Waals surface area contributed by atoms with E-state index in [4.69, 9.17) is 10.4 Å². The zero-order valence-electron chi connectivity index (χ0n) is 20.0. The van der Waals surface area contributed by atoms with Gasteiger partial charge in [0.2, 0.25) is 0 Å². The Morgan fingerprint density at radius 2 is 1.91 bits per heavy atom. The molecule has 1 N–H and O–H groups in total. The average Bonchev–Trinajstić information content (AvgIpc) is 3.52. The first-order chi connectivity index (χ1) is 17.1. The summed E-state index contributed by atoms with van der Waals surface area (Å²) >= 11 is 0. The van der Waals surface area contributed by atoms with E-state index in [-0.39, 0.29) is 18.0 Å². The Morgan fingerprint density at radius 1 is 1.17 bits per heavy atom. The van der Waals surface area contributed by atoms with E-state index in [1.165, 1.54) is 6.21 Å². The zero-order chi connectivity index (χ0) is 24.4. The summed E-state index contributed by atoms with van der Waals surface area (Å²) in [5.74, 6) is 1.44. The van der Waals surface area contributed by atoms with E-state index in [0.717, 1.165) is 50.3 Å². The number of anilines is 3. The summed E-state index contributed by atoms with van der Waals surface area (Å²) in [5, 5.41) is 17.0. The fourth-order valence-electron chi connectivity index (χ4n) is 5.65. The molecule has 2 bridgehead atoms. The second kappa shape index (κ2) is 9.74. The van der Waals surface area contributed by atoms with Gasteiger partial charge in [0.25, 0.3) is 5.91 Å². The highest BCUT2D eigenvalue weighted by Crippen LogP contribution is 2.41. The summed E-state index contributed by atoms with van der Waals surface area (Å²) < 4.78 is 0. The smallest absolute Gasteiger partial charge is 0.257 e. The average molecular weight is 471 g/mol. The number of likely N-dealkylation sites (tertiary alicyclic amines) is 1. The molecule has 0 aromatic carbocycles. The third-order valence-corrected chi connectivity index (χ3v) is 7.22. The van der Waals surface area contributed by atoms with Crippen molar-refractivity contribution in [3.8, 4) is 6.07 Å². The van der Waals surface area contributed by atoms with Crippen molar-refractivity contribution in [2.75, 3.05) is 47.9 Å². The normalized spacial score (nSPS) is 21.4. The molecule has 1 amide bonds. The van der Waals surface area contributed by atoms with E-state index >= 15 is 0 Å². The number of nitriles is 1. The Balaban J connectivity index is 1.42. The number of allylic oxidation sites excluding steroid dienone is 1. The van der Waals surface area contributed by atoms with Gasteiger partial charge in [0.15, 0.2) is 5.82 Å². The van der Waals surface area contributed by atoms with Crippen molar-refractivity contribution >= 4 is 29.4 Å². The number of nitrogens with one attached hydrogen (secondary N) is 1. The molecule has 5 heterocycles. The fourth-order valence-corrected chi connectivity index (χ4v) is 5.65. The third kappa shape index (κ3) is 4.20. The van der Waals surface area contributed by atoms with Gasteiger partial charge >= 0.3 is 0 Å². The molecule has 3 fully saturated rings. The van der Waals surface area contributed by atoms with Gasteiger partial charge < -0.3 is 25.0 Å². The van der Waals surface area contributed by atoms with Crippen LogP contribution >= 0.6 is 0 Å². The van der Waals surface area contributed by atoms with Crippen LogP contribution in [0.2, 0.25) is 0 Å². The molecule has 0 radical (unpaired) electrons. The van der Waals surface area contributed by atoms with Crippen molar-refractivity contribution in [3.05, 3.63) is 54.0 Å². The summed E-state index contributed by atoms with van der Waals surface area (Å²) in [6.45, 7) is 3.12. The minimum Gasteiger partial charge on any atom is -0.367 e. The maximum absolute atomic E-state index is 13.6.